The summed E-state index contributed by atoms with van der Waals surface area (Å²) in [6.07, 6.45) is 0. The van der Waals surface area contributed by atoms with Crippen molar-refractivity contribution in [3.05, 3.63) is 53.1 Å². The molecule has 0 bridgehead atoms. The Kier molecular flexibility index (Phi) is 6.79. The summed E-state index contributed by atoms with van der Waals surface area (Å²) in [5.41, 5.74) is 2.97. The molecule has 8 nitrogen and oxygen atoms in total. The quantitative estimate of drug-likeness (QED) is 0.680. The van der Waals surface area contributed by atoms with Gasteiger partial charge in [0.25, 0.3) is 0 Å². The lowest BCUT2D eigenvalue weighted by atomic mass is 9.88. The number of urea groups is 1. The Morgan fingerprint density at radius 3 is 2.16 bits per heavy atom. The minimum Gasteiger partial charge on any atom is -0.493 e. The highest BCUT2D eigenvalue weighted by Gasteiger charge is 2.39. The van der Waals surface area contributed by atoms with Gasteiger partial charge >= 0.3 is 12.0 Å². The number of benzene rings is 2. The fourth-order valence-electron chi connectivity index (χ4n) is 3.51. The number of esters is 1. The number of nitrogens with one attached hydrogen (secondary N) is 1. The number of nitrogens with zero attached hydrogens (tertiary/aromatic N) is 1. The molecule has 2 aromatic rings. The first kappa shape index (κ1) is 22.1. The van der Waals surface area contributed by atoms with Gasteiger partial charge in [0, 0.05) is 5.71 Å². The summed E-state index contributed by atoms with van der Waals surface area (Å²) in [7, 11) is 4.51. The fraction of sp³-hybridized carbons (Fsp3) is 0.348. The first-order valence-corrected chi connectivity index (χ1v) is 9.75. The van der Waals surface area contributed by atoms with Crippen LogP contribution in [0, 0.1) is 12.8 Å². The van der Waals surface area contributed by atoms with Crippen LogP contribution in [0.5, 0.6) is 17.2 Å². The minimum atomic E-state index is -0.800. The molecule has 0 saturated carbocycles. The molecule has 1 aliphatic heterocycles. The normalized spacial score (nSPS) is 18.0. The van der Waals surface area contributed by atoms with Crippen LogP contribution in [0.15, 0.2) is 41.4 Å². The van der Waals surface area contributed by atoms with Crippen LogP contribution in [-0.2, 0) is 16.1 Å². The van der Waals surface area contributed by atoms with Gasteiger partial charge in [0.1, 0.15) is 12.5 Å². The molecule has 1 aliphatic rings. The van der Waals surface area contributed by atoms with Gasteiger partial charge in [-0.3, -0.25) is 4.79 Å². The molecule has 31 heavy (non-hydrogen) atoms. The molecule has 8 heteroatoms. The summed E-state index contributed by atoms with van der Waals surface area (Å²) in [5.74, 6) is -0.0395. The molecule has 2 amide bonds. The van der Waals surface area contributed by atoms with E-state index in [1.807, 2.05) is 31.2 Å². The van der Waals surface area contributed by atoms with E-state index in [-0.39, 0.29) is 6.61 Å². The van der Waals surface area contributed by atoms with Crippen molar-refractivity contribution in [1.82, 2.24) is 5.32 Å². The van der Waals surface area contributed by atoms with Gasteiger partial charge in [-0.05, 0) is 37.1 Å². The monoisotopic (exact) mass is 426 g/mol. The molecule has 3 rings (SSSR count). The van der Waals surface area contributed by atoms with Crippen LogP contribution in [0.3, 0.4) is 0 Å². The van der Waals surface area contributed by atoms with Crippen LogP contribution < -0.4 is 19.5 Å². The van der Waals surface area contributed by atoms with E-state index in [0.29, 0.717) is 28.5 Å². The van der Waals surface area contributed by atoms with Crippen LogP contribution in [0.4, 0.5) is 4.79 Å². The second-order valence-electron chi connectivity index (χ2n) is 7.21. The number of aliphatic imine (C=N–C) groups is 1. The van der Waals surface area contributed by atoms with Gasteiger partial charge < -0.3 is 24.3 Å². The molecule has 1 N–H and O–H groups in total. The molecule has 2 unspecified atom stereocenters. The molecule has 0 spiro atoms. The van der Waals surface area contributed by atoms with Crippen LogP contribution in [0.25, 0.3) is 0 Å². The zero-order valence-corrected chi connectivity index (χ0v) is 18.2. The number of carbonyl (C=O) groups excluding carboxylic acids is 2. The molecule has 0 fully saturated rings. The Morgan fingerprint density at radius 1 is 1.00 bits per heavy atom. The van der Waals surface area contributed by atoms with Gasteiger partial charge in [-0.2, -0.15) is 0 Å². The summed E-state index contributed by atoms with van der Waals surface area (Å²) in [6, 6.07) is 9.88. The van der Waals surface area contributed by atoms with Gasteiger partial charge in [0.15, 0.2) is 11.5 Å². The third kappa shape index (κ3) is 4.79. The van der Waals surface area contributed by atoms with Crippen molar-refractivity contribution >= 4 is 17.7 Å². The average molecular weight is 426 g/mol. The van der Waals surface area contributed by atoms with Crippen LogP contribution >= 0.6 is 0 Å². The molecule has 0 radical (unpaired) electrons. The number of amides is 2. The third-order valence-electron chi connectivity index (χ3n) is 5.14. The molecule has 2 atom stereocenters. The van der Waals surface area contributed by atoms with Crippen LogP contribution in [0.1, 0.15) is 29.7 Å². The topological polar surface area (TPSA) is 95.5 Å². The minimum absolute atomic E-state index is 0.124. The van der Waals surface area contributed by atoms with Gasteiger partial charge in [0.2, 0.25) is 5.75 Å². The first-order chi connectivity index (χ1) is 14.9. The van der Waals surface area contributed by atoms with Crippen LogP contribution in [-0.4, -0.2) is 39.0 Å². The maximum atomic E-state index is 13.0. The lowest BCUT2D eigenvalue weighted by molar-refractivity contribution is -0.148. The number of aryl methyl sites for hydroxylation is 1. The lowest BCUT2D eigenvalue weighted by Crippen LogP contribution is -2.44. The van der Waals surface area contributed by atoms with Crippen molar-refractivity contribution < 1.29 is 28.5 Å². The highest BCUT2D eigenvalue weighted by molar-refractivity contribution is 6.08. The lowest BCUT2D eigenvalue weighted by Gasteiger charge is -2.30. The summed E-state index contributed by atoms with van der Waals surface area (Å²) >= 11 is 0. The van der Waals surface area contributed by atoms with Gasteiger partial charge in [-0.25, -0.2) is 9.79 Å². The third-order valence-corrected chi connectivity index (χ3v) is 5.14. The highest BCUT2D eigenvalue weighted by Crippen LogP contribution is 2.41. The van der Waals surface area contributed by atoms with E-state index in [0.717, 1.165) is 11.1 Å². The predicted molar refractivity (Wildman–Crippen MR) is 115 cm³/mol. The van der Waals surface area contributed by atoms with Crippen molar-refractivity contribution in [3.63, 3.8) is 0 Å². The zero-order valence-electron chi connectivity index (χ0n) is 18.2. The predicted octanol–water partition coefficient (Wildman–Crippen LogP) is 3.61. The molecule has 2 aromatic carbocycles. The molecule has 0 aromatic heterocycles. The number of hydrogen-bond acceptors (Lipinski definition) is 6. The average Bonchev–Trinajstić information content (AvgIpc) is 2.76. The largest absolute Gasteiger partial charge is 0.493 e. The SMILES string of the molecule is COc1cc(C2NC(=O)N=C(C)C2C(=O)OCc2ccc(C)cc2)cc(OC)c1OC. The summed E-state index contributed by atoms with van der Waals surface area (Å²) in [4.78, 5) is 29.1. The number of rotatable bonds is 7. The second kappa shape index (κ2) is 9.51. The molecule has 0 aliphatic carbocycles. The summed E-state index contributed by atoms with van der Waals surface area (Å²) in [6.45, 7) is 3.75. The van der Waals surface area contributed by atoms with Crippen molar-refractivity contribution in [1.29, 1.82) is 0 Å². The zero-order chi connectivity index (χ0) is 22.5. The van der Waals surface area contributed by atoms with E-state index in [1.54, 1.807) is 19.1 Å². The summed E-state index contributed by atoms with van der Waals surface area (Å²) < 4.78 is 21.7. The number of ether oxygens (including phenoxy) is 4. The fourth-order valence-corrected chi connectivity index (χ4v) is 3.51. The van der Waals surface area contributed by atoms with E-state index in [4.69, 9.17) is 18.9 Å². The highest BCUT2D eigenvalue weighted by atomic mass is 16.5. The Hall–Kier alpha value is -3.55. The number of carbonyl (C=O) groups is 2. The van der Waals surface area contributed by atoms with E-state index in [2.05, 4.69) is 10.3 Å². The smallest absolute Gasteiger partial charge is 0.341 e. The van der Waals surface area contributed by atoms with E-state index < -0.39 is 24.0 Å². The molecule has 1 heterocycles. The number of hydrogen-bond donors (Lipinski definition) is 1. The van der Waals surface area contributed by atoms with Gasteiger partial charge in [-0.1, -0.05) is 29.8 Å². The first-order valence-electron chi connectivity index (χ1n) is 9.75. The van der Waals surface area contributed by atoms with Gasteiger partial charge in [-0.15, -0.1) is 0 Å². The molecular weight excluding hydrogens is 400 g/mol. The Labute approximate surface area is 181 Å². The second-order valence-corrected chi connectivity index (χ2v) is 7.21. The Bertz CT molecular complexity index is 975. The van der Waals surface area contributed by atoms with Crippen molar-refractivity contribution in [2.45, 2.75) is 26.5 Å². The summed E-state index contributed by atoms with van der Waals surface area (Å²) in [5, 5.41) is 2.76. The van der Waals surface area contributed by atoms with Crippen molar-refractivity contribution in [3.8, 4) is 17.2 Å². The van der Waals surface area contributed by atoms with Gasteiger partial charge in [0.05, 0.1) is 27.4 Å². The van der Waals surface area contributed by atoms with E-state index in [1.165, 1.54) is 21.3 Å². The maximum Gasteiger partial charge on any atom is 0.341 e. The molecule has 164 valence electrons. The molecule has 0 saturated heterocycles. The maximum absolute atomic E-state index is 13.0. The standard InChI is InChI=1S/C23H26N2O6/c1-13-6-8-15(9-7-13)12-31-22(26)19-14(2)24-23(27)25-20(19)16-10-17(28-3)21(30-5)18(11-16)29-4/h6-11,19-20H,12H2,1-5H3,(H,25,27). The number of methoxy groups -OCH3 is 3. The van der Waals surface area contributed by atoms with Crippen molar-refractivity contribution in [2.75, 3.05) is 21.3 Å². The Morgan fingerprint density at radius 2 is 1.61 bits per heavy atom. The van der Waals surface area contributed by atoms with Crippen molar-refractivity contribution in [2.24, 2.45) is 10.9 Å². The molecular formula is C23H26N2O6. The van der Waals surface area contributed by atoms with E-state index >= 15 is 0 Å². The Balaban J connectivity index is 1.92. The van der Waals surface area contributed by atoms with Crippen LogP contribution in [0.2, 0.25) is 0 Å². The van der Waals surface area contributed by atoms with E-state index in [9.17, 15) is 9.59 Å².